The van der Waals surface area contributed by atoms with Gasteiger partial charge in [-0.25, -0.2) is 13.8 Å². The zero-order valence-electron chi connectivity index (χ0n) is 9.32. The monoisotopic (exact) mass is 271 g/mol. The van der Waals surface area contributed by atoms with Crippen LogP contribution >= 0.6 is 11.6 Å². The quantitative estimate of drug-likeness (QED) is 0.635. The lowest BCUT2D eigenvalue weighted by Crippen LogP contribution is -2.11. The van der Waals surface area contributed by atoms with Crippen LogP contribution in [0.5, 0.6) is 0 Å². The smallest absolute Gasteiger partial charge is 0.173 e. The highest BCUT2D eigenvalue weighted by Gasteiger charge is 2.17. The van der Waals surface area contributed by atoms with Crippen molar-refractivity contribution in [2.45, 2.75) is 6.42 Å². The Morgan fingerprint density at radius 2 is 2.11 bits per heavy atom. The van der Waals surface area contributed by atoms with Crippen molar-refractivity contribution >= 4 is 17.4 Å². The number of aromatic nitrogens is 3. The molecular formula is C11H8ClF2N3O. The van der Waals surface area contributed by atoms with Gasteiger partial charge < -0.3 is 0 Å². The maximum Gasteiger partial charge on any atom is 0.173 e. The first kappa shape index (κ1) is 12.6. The highest BCUT2D eigenvalue weighted by molar-refractivity contribution is 6.30. The van der Waals surface area contributed by atoms with Crippen molar-refractivity contribution in [2.24, 2.45) is 7.05 Å². The van der Waals surface area contributed by atoms with Crippen LogP contribution in [0.4, 0.5) is 8.78 Å². The molecule has 2 rings (SSSR count). The van der Waals surface area contributed by atoms with Crippen molar-refractivity contribution in [2.75, 3.05) is 0 Å². The minimum absolute atomic E-state index is 0.158. The molecule has 1 aromatic heterocycles. The van der Waals surface area contributed by atoms with Gasteiger partial charge in [0, 0.05) is 7.05 Å². The molecule has 4 nitrogen and oxygen atoms in total. The molecule has 2 aromatic rings. The van der Waals surface area contributed by atoms with E-state index in [1.54, 1.807) is 7.05 Å². The number of carbonyl (C=O) groups is 1. The summed E-state index contributed by atoms with van der Waals surface area (Å²) in [5, 5.41) is 3.42. The molecule has 0 fully saturated rings. The van der Waals surface area contributed by atoms with Gasteiger partial charge in [0.15, 0.2) is 5.78 Å². The normalized spacial score (nSPS) is 10.7. The van der Waals surface area contributed by atoms with Crippen LogP contribution in [0.15, 0.2) is 18.5 Å². The maximum absolute atomic E-state index is 13.5. The lowest BCUT2D eigenvalue weighted by molar-refractivity contribution is 0.0985. The molecule has 7 heteroatoms. The maximum atomic E-state index is 13.5. The summed E-state index contributed by atoms with van der Waals surface area (Å²) in [6.07, 6.45) is 1.12. The fourth-order valence-electron chi connectivity index (χ4n) is 1.46. The van der Waals surface area contributed by atoms with Crippen LogP contribution in [-0.4, -0.2) is 20.5 Å². The molecule has 0 amide bonds. The van der Waals surface area contributed by atoms with Crippen LogP contribution in [0.1, 0.15) is 16.2 Å². The van der Waals surface area contributed by atoms with Crippen molar-refractivity contribution < 1.29 is 13.6 Å². The highest BCUT2D eigenvalue weighted by Crippen LogP contribution is 2.20. The summed E-state index contributed by atoms with van der Waals surface area (Å²) in [6, 6.07) is 1.57. The predicted octanol–water partition coefficient (Wildman–Crippen LogP) is 2.17. The van der Waals surface area contributed by atoms with Gasteiger partial charge in [-0.2, -0.15) is 5.10 Å². The first-order valence-electron chi connectivity index (χ1n) is 4.99. The minimum Gasteiger partial charge on any atom is -0.294 e. The Bertz CT molecular complexity index is 612. The van der Waals surface area contributed by atoms with Crippen LogP contribution in [0.25, 0.3) is 0 Å². The van der Waals surface area contributed by atoms with E-state index in [4.69, 9.17) is 11.6 Å². The number of halogens is 3. The summed E-state index contributed by atoms with van der Waals surface area (Å²) in [5.74, 6) is -1.90. The summed E-state index contributed by atoms with van der Waals surface area (Å²) in [5.41, 5.74) is -0.347. The summed E-state index contributed by atoms with van der Waals surface area (Å²) in [6.45, 7) is 0. The predicted molar refractivity (Wildman–Crippen MR) is 60.4 cm³/mol. The van der Waals surface area contributed by atoms with E-state index in [-0.39, 0.29) is 17.0 Å². The second-order valence-electron chi connectivity index (χ2n) is 3.65. The molecule has 1 aromatic carbocycles. The number of aryl methyl sites for hydroxylation is 1. The van der Waals surface area contributed by atoms with Gasteiger partial charge in [0.2, 0.25) is 0 Å². The Hall–Kier alpha value is -1.82. The molecule has 0 aliphatic rings. The van der Waals surface area contributed by atoms with Gasteiger partial charge in [0.05, 0.1) is 17.0 Å². The molecule has 0 atom stereocenters. The molecule has 0 saturated heterocycles. The largest absolute Gasteiger partial charge is 0.294 e. The zero-order chi connectivity index (χ0) is 13.3. The third kappa shape index (κ3) is 2.38. The minimum atomic E-state index is -0.853. The fraction of sp³-hybridized carbons (Fsp3) is 0.182. The van der Waals surface area contributed by atoms with Crippen LogP contribution in [0, 0.1) is 11.6 Å². The van der Waals surface area contributed by atoms with Crippen LogP contribution in [-0.2, 0) is 13.5 Å². The summed E-state index contributed by atoms with van der Waals surface area (Å²) in [7, 11) is 1.61. The molecule has 0 saturated carbocycles. The number of ketones is 1. The lowest BCUT2D eigenvalue weighted by atomic mass is 10.1. The van der Waals surface area contributed by atoms with Gasteiger partial charge in [-0.3, -0.25) is 9.48 Å². The van der Waals surface area contributed by atoms with E-state index in [0.717, 1.165) is 12.1 Å². The van der Waals surface area contributed by atoms with E-state index in [1.165, 1.54) is 11.0 Å². The molecule has 0 spiro atoms. The van der Waals surface area contributed by atoms with E-state index < -0.39 is 17.4 Å². The van der Waals surface area contributed by atoms with Gasteiger partial charge in [0.25, 0.3) is 0 Å². The standard InChI is InChI=1S/C11H8ClF2N3O/c1-17-11(15-5-16-17)4-10(18)6-2-9(14)7(12)3-8(6)13/h2-3,5H,4H2,1H3. The Morgan fingerprint density at radius 3 is 2.72 bits per heavy atom. The molecule has 0 radical (unpaired) electrons. The number of rotatable bonds is 3. The van der Waals surface area contributed by atoms with E-state index in [1.807, 2.05) is 0 Å². The zero-order valence-corrected chi connectivity index (χ0v) is 10.1. The topological polar surface area (TPSA) is 47.8 Å². The van der Waals surface area contributed by atoms with E-state index in [2.05, 4.69) is 10.1 Å². The Morgan fingerprint density at radius 1 is 1.39 bits per heavy atom. The second-order valence-corrected chi connectivity index (χ2v) is 4.05. The Labute approximate surface area is 106 Å². The molecule has 0 unspecified atom stereocenters. The number of hydrogen-bond acceptors (Lipinski definition) is 3. The number of hydrogen-bond donors (Lipinski definition) is 0. The van der Waals surface area contributed by atoms with Crippen molar-refractivity contribution in [1.82, 2.24) is 14.8 Å². The molecule has 1 heterocycles. The molecule has 0 aliphatic heterocycles. The van der Waals surface area contributed by atoms with Crippen molar-refractivity contribution in [3.8, 4) is 0 Å². The second kappa shape index (κ2) is 4.81. The average molecular weight is 272 g/mol. The van der Waals surface area contributed by atoms with Gasteiger partial charge in [0.1, 0.15) is 23.8 Å². The first-order valence-corrected chi connectivity index (χ1v) is 5.37. The summed E-state index contributed by atoms with van der Waals surface area (Å²) < 4.78 is 28.1. The molecule has 0 bridgehead atoms. The third-order valence-corrected chi connectivity index (χ3v) is 2.72. The molecular weight excluding hydrogens is 264 g/mol. The fourth-order valence-corrected chi connectivity index (χ4v) is 1.61. The van der Waals surface area contributed by atoms with Crippen molar-refractivity contribution in [1.29, 1.82) is 0 Å². The van der Waals surface area contributed by atoms with Gasteiger partial charge in [-0.1, -0.05) is 11.6 Å². The molecule has 0 N–H and O–H groups in total. The number of Topliss-reactive ketones (excluding diaryl/α,β-unsaturated/α-hetero) is 1. The summed E-state index contributed by atoms with van der Waals surface area (Å²) in [4.78, 5) is 15.7. The molecule has 0 aliphatic carbocycles. The van der Waals surface area contributed by atoms with E-state index >= 15 is 0 Å². The van der Waals surface area contributed by atoms with Gasteiger partial charge in [-0.15, -0.1) is 0 Å². The average Bonchev–Trinajstić information content (AvgIpc) is 2.69. The number of carbonyl (C=O) groups excluding carboxylic acids is 1. The van der Waals surface area contributed by atoms with Crippen LogP contribution in [0.3, 0.4) is 0 Å². The number of nitrogens with zero attached hydrogens (tertiary/aromatic N) is 3. The SMILES string of the molecule is Cn1ncnc1CC(=O)c1cc(F)c(Cl)cc1F. The van der Waals surface area contributed by atoms with Gasteiger partial charge >= 0.3 is 0 Å². The third-order valence-electron chi connectivity index (χ3n) is 2.43. The van der Waals surface area contributed by atoms with Gasteiger partial charge in [-0.05, 0) is 12.1 Å². The summed E-state index contributed by atoms with van der Waals surface area (Å²) >= 11 is 5.41. The van der Waals surface area contributed by atoms with Crippen LogP contribution < -0.4 is 0 Å². The lowest BCUT2D eigenvalue weighted by Gasteiger charge is -2.04. The van der Waals surface area contributed by atoms with Crippen molar-refractivity contribution in [3.63, 3.8) is 0 Å². The van der Waals surface area contributed by atoms with E-state index in [9.17, 15) is 13.6 Å². The Kier molecular flexibility index (Phi) is 3.38. The van der Waals surface area contributed by atoms with E-state index in [0.29, 0.717) is 5.82 Å². The molecule has 94 valence electrons. The van der Waals surface area contributed by atoms with Crippen LogP contribution in [0.2, 0.25) is 5.02 Å². The molecule has 18 heavy (non-hydrogen) atoms. The van der Waals surface area contributed by atoms with Crippen molar-refractivity contribution in [3.05, 3.63) is 46.5 Å². The highest BCUT2D eigenvalue weighted by atomic mass is 35.5. The first-order chi connectivity index (χ1) is 8.49. The number of benzene rings is 1. The Balaban J connectivity index is 2.30.